The summed E-state index contributed by atoms with van der Waals surface area (Å²) in [5.74, 6) is -2.22. The van der Waals surface area contributed by atoms with Crippen LogP contribution in [0.3, 0.4) is 0 Å². The van der Waals surface area contributed by atoms with Gasteiger partial charge in [-0.3, -0.25) is 4.79 Å². The van der Waals surface area contributed by atoms with Gasteiger partial charge in [-0.1, -0.05) is 15.9 Å². The van der Waals surface area contributed by atoms with E-state index >= 15 is 0 Å². The second kappa shape index (κ2) is 6.15. The van der Waals surface area contributed by atoms with Crippen LogP contribution in [0.15, 0.2) is 16.6 Å². The molecule has 7 heteroatoms. The molecular formula is C12H11BrClF2NO2. The number of halogens is 4. The summed E-state index contributed by atoms with van der Waals surface area (Å²) in [5, 5.41) is 0. The van der Waals surface area contributed by atoms with Crippen LogP contribution in [-0.2, 0) is 4.74 Å². The number of benzene rings is 1. The molecule has 1 atom stereocenters. The van der Waals surface area contributed by atoms with E-state index in [0.717, 1.165) is 12.1 Å². The minimum absolute atomic E-state index is 0.231. The van der Waals surface area contributed by atoms with Crippen LogP contribution in [0.5, 0.6) is 0 Å². The number of nitrogens with zero attached hydrogens (tertiary/aromatic N) is 1. The molecule has 1 saturated heterocycles. The van der Waals surface area contributed by atoms with Crippen molar-refractivity contribution in [3.63, 3.8) is 0 Å². The van der Waals surface area contributed by atoms with Gasteiger partial charge in [-0.25, -0.2) is 8.78 Å². The Morgan fingerprint density at radius 2 is 2.11 bits per heavy atom. The summed E-state index contributed by atoms with van der Waals surface area (Å²) >= 11 is 8.63. The Morgan fingerprint density at radius 3 is 2.68 bits per heavy atom. The molecule has 0 radical (unpaired) electrons. The first kappa shape index (κ1) is 14.7. The molecule has 1 aromatic rings. The van der Waals surface area contributed by atoms with Crippen LogP contribution >= 0.6 is 27.5 Å². The highest BCUT2D eigenvalue weighted by Crippen LogP contribution is 2.22. The first-order chi connectivity index (χ1) is 9.02. The van der Waals surface area contributed by atoms with Crippen LogP contribution < -0.4 is 0 Å². The highest BCUT2D eigenvalue weighted by atomic mass is 79.9. The summed E-state index contributed by atoms with van der Waals surface area (Å²) in [6.07, 6.45) is -0.305. The predicted molar refractivity (Wildman–Crippen MR) is 70.4 cm³/mol. The van der Waals surface area contributed by atoms with Gasteiger partial charge in [0.25, 0.3) is 5.91 Å². The molecule has 1 fully saturated rings. The maximum Gasteiger partial charge on any atom is 0.259 e. The summed E-state index contributed by atoms with van der Waals surface area (Å²) < 4.78 is 33.0. The van der Waals surface area contributed by atoms with E-state index in [4.69, 9.17) is 16.3 Å². The SMILES string of the molecule is O=C(c1c(F)cc(Br)cc1F)N1CCOC(CCl)C1. The summed E-state index contributed by atoms with van der Waals surface area (Å²) in [7, 11) is 0. The van der Waals surface area contributed by atoms with Crippen LogP contribution in [0.2, 0.25) is 0 Å². The van der Waals surface area contributed by atoms with Crippen LogP contribution in [0.1, 0.15) is 10.4 Å². The zero-order valence-corrected chi connectivity index (χ0v) is 12.2. The average molecular weight is 355 g/mol. The quantitative estimate of drug-likeness (QED) is 0.765. The number of ether oxygens (including phenoxy) is 1. The molecule has 1 aliphatic rings. The Balaban J connectivity index is 2.24. The summed E-state index contributed by atoms with van der Waals surface area (Å²) in [6, 6.07) is 2.13. The van der Waals surface area contributed by atoms with Crippen LogP contribution in [0.4, 0.5) is 8.78 Å². The van der Waals surface area contributed by atoms with E-state index in [9.17, 15) is 13.6 Å². The molecule has 0 aromatic heterocycles. The van der Waals surface area contributed by atoms with Crippen molar-refractivity contribution >= 4 is 33.4 Å². The van der Waals surface area contributed by atoms with Crippen molar-refractivity contribution in [2.75, 3.05) is 25.6 Å². The van der Waals surface area contributed by atoms with E-state index in [1.807, 2.05) is 0 Å². The van der Waals surface area contributed by atoms with Crippen molar-refractivity contribution < 1.29 is 18.3 Å². The number of hydrogen-bond donors (Lipinski definition) is 0. The highest BCUT2D eigenvalue weighted by molar-refractivity contribution is 9.10. The van der Waals surface area contributed by atoms with Crippen LogP contribution in [0, 0.1) is 11.6 Å². The summed E-state index contributed by atoms with van der Waals surface area (Å²) in [5.41, 5.74) is -0.543. The topological polar surface area (TPSA) is 29.5 Å². The lowest BCUT2D eigenvalue weighted by Crippen LogP contribution is -2.46. The van der Waals surface area contributed by atoms with Gasteiger partial charge < -0.3 is 9.64 Å². The molecule has 1 amide bonds. The van der Waals surface area contributed by atoms with Crippen molar-refractivity contribution in [2.24, 2.45) is 0 Å². The normalized spacial score (nSPS) is 19.6. The Hall–Kier alpha value is -0.720. The number of alkyl halides is 1. The highest BCUT2D eigenvalue weighted by Gasteiger charge is 2.28. The van der Waals surface area contributed by atoms with Crippen LogP contribution in [0.25, 0.3) is 0 Å². The van der Waals surface area contributed by atoms with E-state index < -0.39 is 23.1 Å². The fourth-order valence-corrected chi connectivity index (χ4v) is 2.49. The maximum absolute atomic E-state index is 13.7. The zero-order chi connectivity index (χ0) is 14.0. The summed E-state index contributed by atoms with van der Waals surface area (Å²) in [6.45, 7) is 0.835. The number of morpholine rings is 1. The van der Waals surface area contributed by atoms with Crippen molar-refractivity contribution in [3.8, 4) is 0 Å². The van der Waals surface area contributed by atoms with Gasteiger partial charge in [-0.05, 0) is 12.1 Å². The van der Waals surface area contributed by atoms with Gasteiger partial charge in [0.2, 0.25) is 0 Å². The third-order valence-corrected chi connectivity index (χ3v) is 3.62. The van der Waals surface area contributed by atoms with Crippen molar-refractivity contribution in [1.29, 1.82) is 0 Å². The predicted octanol–water partition coefficient (Wildman–Crippen LogP) is 2.81. The third kappa shape index (κ3) is 3.24. The molecule has 104 valence electrons. The number of rotatable bonds is 2. The monoisotopic (exact) mass is 353 g/mol. The van der Waals surface area contributed by atoms with E-state index in [1.165, 1.54) is 4.90 Å². The summed E-state index contributed by atoms with van der Waals surface area (Å²) in [4.78, 5) is 13.5. The second-order valence-corrected chi connectivity index (χ2v) is 5.37. The van der Waals surface area contributed by atoms with Crippen LogP contribution in [-0.4, -0.2) is 42.5 Å². The lowest BCUT2D eigenvalue weighted by molar-refractivity contribution is -0.0111. The number of amides is 1. The third-order valence-electron chi connectivity index (χ3n) is 2.82. The lowest BCUT2D eigenvalue weighted by atomic mass is 10.1. The molecular weight excluding hydrogens is 343 g/mol. The largest absolute Gasteiger partial charge is 0.373 e. The minimum Gasteiger partial charge on any atom is -0.373 e. The van der Waals surface area contributed by atoms with E-state index in [-0.39, 0.29) is 23.0 Å². The smallest absolute Gasteiger partial charge is 0.259 e. The van der Waals surface area contributed by atoms with Gasteiger partial charge in [-0.2, -0.15) is 0 Å². The van der Waals surface area contributed by atoms with Gasteiger partial charge >= 0.3 is 0 Å². The molecule has 1 aromatic carbocycles. The fraction of sp³-hybridized carbons (Fsp3) is 0.417. The molecule has 2 rings (SSSR count). The van der Waals surface area contributed by atoms with E-state index in [2.05, 4.69) is 15.9 Å². The Kier molecular flexibility index (Phi) is 4.76. The maximum atomic E-state index is 13.7. The van der Waals surface area contributed by atoms with Gasteiger partial charge in [-0.15, -0.1) is 11.6 Å². The molecule has 3 nitrogen and oxygen atoms in total. The molecule has 0 aliphatic carbocycles. The number of hydrogen-bond acceptors (Lipinski definition) is 2. The van der Waals surface area contributed by atoms with E-state index in [0.29, 0.717) is 13.2 Å². The molecule has 0 N–H and O–H groups in total. The number of carbonyl (C=O) groups excluding carboxylic acids is 1. The first-order valence-corrected chi connectivity index (χ1v) is 6.97. The molecule has 1 unspecified atom stereocenters. The van der Waals surface area contributed by atoms with Gasteiger partial charge in [0.1, 0.15) is 17.2 Å². The molecule has 0 saturated carbocycles. The van der Waals surface area contributed by atoms with E-state index in [1.54, 1.807) is 0 Å². The molecule has 0 bridgehead atoms. The second-order valence-electron chi connectivity index (χ2n) is 4.14. The van der Waals surface area contributed by atoms with Crippen molar-refractivity contribution in [2.45, 2.75) is 6.10 Å². The van der Waals surface area contributed by atoms with Crippen molar-refractivity contribution in [3.05, 3.63) is 33.8 Å². The average Bonchev–Trinajstić information content (AvgIpc) is 2.37. The Morgan fingerprint density at radius 1 is 1.47 bits per heavy atom. The molecule has 1 aliphatic heterocycles. The zero-order valence-electron chi connectivity index (χ0n) is 9.84. The standard InChI is InChI=1S/C12H11BrClF2NO2/c13-7-3-9(15)11(10(16)4-7)12(18)17-1-2-19-8(5-14)6-17/h3-4,8H,1-2,5-6H2. The molecule has 1 heterocycles. The van der Waals surface area contributed by atoms with Gasteiger partial charge in [0.15, 0.2) is 0 Å². The van der Waals surface area contributed by atoms with Crippen molar-refractivity contribution in [1.82, 2.24) is 4.90 Å². The van der Waals surface area contributed by atoms with Gasteiger partial charge in [0.05, 0.1) is 18.6 Å². The Bertz CT molecular complexity index is 478. The van der Waals surface area contributed by atoms with Gasteiger partial charge in [0, 0.05) is 17.6 Å². The lowest BCUT2D eigenvalue weighted by Gasteiger charge is -2.32. The first-order valence-electron chi connectivity index (χ1n) is 5.64. The number of carbonyl (C=O) groups is 1. The fourth-order valence-electron chi connectivity index (χ4n) is 1.90. The minimum atomic E-state index is -0.884. The molecule has 19 heavy (non-hydrogen) atoms. The molecule has 0 spiro atoms. The Labute approximate surface area is 122 Å².